The Labute approximate surface area is 115 Å². The van der Waals surface area contributed by atoms with Crippen LogP contribution in [0.5, 0.6) is 0 Å². The Morgan fingerprint density at radius 1 is 1.16 bits per heavy atom. The lowest BCUT2D eigenvalue weighted by molar-refractivity contribution is -0.134. The van der Waals surface area contributed by atoms with Gasteiger partial charge in [0.15, 0.2) is 0 Å². The number of carbonyl (C=O) groups is 1. The monoisotopic (exact) mass is 266 g/mol. The smallest absolute Gasteiger partial charge is 0.223 e. The van der Waals surface area contributed by atoms with Crippen LogP contribution in [0.3, 0.4) is 0 Å². The molecular formula is C15H26N2O2. The second-order valence-corrected chi connectivity index (χ2v) is 6.21. The summed E-state index contributed by atoms with van der Waals surface area (Å²) >= 11 is 0. The molecule has 0 aliphatic carbocycles. The molecule has 2 bridgehead atoms. The summed E-state index contributed by atoms with van der Waals surface area (Å²) in [6, 6.07) is 0.951. The summed E-state index contributed by atoms with van der Waals surface area (Å²) in [6.07, 6.45) is 9.04. The summed E-state index contributed by atoms with van der Waals surface area (Å²) in [7, 11) is 0. The predicted octanol–water partition coefficient (Wildman–Crippen LogP) is 1.69. The van der Waals surface area contributed by atoms with Crippen LogP contribution < -0.4 is 5.32 Å². The molecule has 3 rings (SSSR count). The zero-order chi connectivity index (χ0) is 13.1. The molecule has 3 aliphatic rings. The minimum absolute atomic E-state index is 0.334. The largest absolute Gasteiger partial charge is 0.378 e. The lowest BCUT2D eigenvalue weighted by atomic mass is 10.0. The molecule has 4 heteroatoms. The summed E-state index contributed by atoms with van der Waals surface area (Å²) in [5.74, 6) is 0.366. The van der Waals surface area contributed by atoms with Crippen LogP contribution in [0.4, 0.5) is 0 Å². The number of amides is 1. The summed E-state index contributed by atoms with van der Waals surface area (Å²) in [5.41, 5.74) is 0. The van der Waals surface area contributed by atoms with Crippen LogP contribution in [0.2, 0.25) is 0 Å². The molecule has 3 heterocycles. The van der Waals surface area contributed by atoms with E-state index in [0.717, 1.165) is 39.0 Å². The van der Waals surface area contributed by atoms with Gasteiger partial charge in [-0.25, -0.2) is 0 Å². The second kappa shape index (κ2) is 6.23. The Hall–Kier alpha value is -0.610. The van der Waals surface area contributed by atoms with Crippen molar-refractivity contribution in [3.05, 3.63) is 0 Å². The minimum Gasteiger partial charge on any atom is -0.378 e. The van der Waals surface area contributed by atoms with Gasteiger partial charge in [-0.2, -0.15) is 0 Å². The second-order valence-electron chi connectivity index (χ2n) is 6.21. The van der Waals surface area contributed by atoms with E-state index in [1.54, 1.807) is 0 Å². The maximum Gasteiger partial charge on any atom is 0.223 e. The molecule has 0 aromatic carbocycles. The van der Waals surface area contributed by atoms with E-state index in [2.05, 4.69) is 10.2 Å². The van der Waals surface area contributed by atoms with Crippen molar-refractivity contribution in [1.29, 1.82) is 0 Å². The van der Waals surface area contributed by atoms with Crippen molar-refractivity contribution in [3.8, 4) is 0 Å². The molecule has 3 atom stereocenters. The van der Waals surface area contributed by atoms with Crippen LogP contribution in [-0.4, -0.2) is 48.7 Å². The highest BCUT2D eigenvalue weighted by Crippen LogP contribution is 2.29. The molecule has 0 radical (unpaired) electrons. The summed E-state index contributed by atoms with van der Waals surface area (Å²) in [6.45, 7) is 2.94. The van der Waals surface area contributed by atoms with E-state index in [4.69, 9.17) is 4.74 Å². The lowest BCUT2D eigenvalue weighted by Gasteiger charge is -2.29. The van der Waals surface area contributed by atoms with E-state index >= 15 is 0 Å². The molecule has 0 aromatic rings. The van der Waals surface area contributed by atoms with Gasteiger partial charge in [0.05, 0.1) is 6.10 Å². The first-order valence-electron chi connectivity index (χ1n) is 7.98. The first kappa shape index (κ1) is 13.4. The third-order valence-electron chi connectivity index (χ3n) is 4.90. The molecule has 3 fully saturated rings. The number of nitrogens with one attached hydrogen (secondary N) is 1. The molecule has 3 saturated heterocycles. The molecule has 4 nitrogen and oxygen atoms in total. The van der Waals surface area contributed by atoms with Gasteiger partial charge >= 0.3 is 0 Å². The van der Waals surface area contributed by atoms with Crippen LogP contribution in [0.25, 0.3) is 0 Å². The number of ether oxygens (including phenoxy) is 1. The minimum atomic E-state index is 0.334. The molecule has 3 unspecified atom stereocenters. The number of carbonyl (C=O) groups excluding carboxylic acids is 1. The summed E-state index contributed by atoms with van der Waals surface area (Å²) in [4.78, 5) is 14.7. The Kier molecular flexibility index (Phi) is 4.38. The molecule has 0 aromatic heterocycles. The van der Waals surface area contributed by atoms with Crippen LogP contribution in [0.1, 0.15) is 51.4 Å². The predicted molar refractivity (Wildman–Crippen MR) is 74.0 cm³/mol. The standard InChI is InChI=1S/C15H26N2O2/c18-15(7-6-14-3-1-2-10-19-14)17-12-4-5-13(17)11-16-9-8-12/h12-14,16H,1-11H2. The normalized spacial score (nSPS) is 35.2. The van der Waals surface area contributed by atoms with Crippen molar-refractivity contribution < 1.29 is 9.53 Å². The average Bonchev–Trinajstić information content (AvgIpc) is 2.71. The van der Waals surface area contributed by atoms with Gasteiger partial charge < -0.3 is 15.0 Å². The Balaban J connectivity index is 1.51. The van der Waals surface area contributed by atoms with Gasteiger partial charge in [0.1, 0.15) is 0 Å². The molecule has 0 saturated carbocycles. The number of fused-ring (bicyclic) bond motifs is 2. The van der Waals surface area contributed by atoms with Crippen molar-refractivity contribution in [1.82, 2.24) is 10.2 Å². The fraction of sp³-hybridized carbons (Fsp3) is 0.933. The van der Waals surface area contributed by atoms with Crippen molar-refractivity contribution in [2.45, 2.75) is 69.6 Å². The van der Waals surface area contributed by atoms with E-state index in [9.17, 15) is 4.79 Å². The maximum absolute atomic E-state index is 12.5. The summed E-state index contributed by atoms with van der Waals surface area (Å²) in [5, 5.41) is 3.45. The van der Waals surface area contributed by atoms with E-state index in [-0.39, 0.29) is 0 Å². The molecule has 0 spiro atoms. The Morgan fingerprint density at radius 3 is 2.89 bits per heavy atom. The van der Waals surface area contributed by atoms with Crippen molar-refractivity contribution in [2.24, 2.45) is 0 Å². The number of nitrogens with zero attached hydrogens (tertiary/aromatic N) is 1. The zero-order valence-corrected chi connectivity index (χ0v) is 11.8. The van der Waals surface area contributed by atoms with Crippen LogP contribution >= 0.6 is 0 Å². The fourth-order valence-corrected chi connectivity index (χ4v) is 3.84. The third-order valence-corrected chi connectivity index (χ3v) is 4.90. The third kappa shape index (κ3) is 3.11. The van der Waals surface area contributed by atoms with E-state index in [1.807, 2.05) is 0 Å². The first-order valence-corrected chi connectivity index (χ1v) is 7.98. The Morgan fingerprint density at radius 2 is 2.05 bits per heavy atom. The van der Waals surface area contributed by atoms with Gasteiger partial charge in [0.2, 0.25) is 5.91 Å². The molecule has 108 valence electrons. The molecular weight excluding hydrogens is 240 g/mol. The van der Waals surface area contributed by atoms with Gasteiger partial charge in [0.25, 0.3) is 0 Å². The van der Waals surface area contributed by atoms with Gasteiger partial charge in [-0.3, -0.25) is 4.79 Å². The fourth-order valence-electron chi connectivity index (χ4n) is 3.84. The van der Waals surface area contributed by atoms with E-state index in [1.165, 1.54) is 25.7 Å². The quantitative estimate of drug-likeness (QED) is 0.845. The highest BCUT2D eigenvalue weighted by molar-refractivity contribution is 5.77. The van der Waals surface area contributed by atoms with E-state index in [0.29, 0.717) is 30.5 Å². The number of hydrogen-bond acceptors (Lipinski definition) is 3. The van der Waals surface area contributed by atoms with Gasteiger partial charge in [-0.05, 0) is 51.5 Å². The van der Waals surface area contributed by atoms with E-state index < -0.39 is 0 Å². The topological polar surface area (TPSA) is 41.6 Å². The molecule has 1 N–H and O–H groups in total. The maximum atomic E-state index is 12.5. The lowest BCUT2D eigenvalue weighted by Crippen LogP contribution is -2.42. The average molecular weight is 266 g/mol. The van der Waals surface area contributed by atoms with Crippen LogP contribution in [0, 0.1) is 0 Å². The highest BCUT2D eigenvalue weighted by atomic mass is 16.5. The highest BCUT2D eigenvalue weighted by Gasteiger charge is 2.37. The summed E-state index contributed by atoms with van der Waals surface area (Å²) < 4.78 is 5.73. The first-order chi connectivity index (χ1) is 9.34. The van der Waals surface area contributed by atoms with Crippen molar-refractivity contribution in [3.63, 3.8) is 0 Å². The molecule has 19 heavy (non-hydrogen) atoms. The van der Waals surface area contributed by atoms with Crippen molar-refractivity contribution >= 4 is 5.91 Å². The van der Waals surface area contributed by atoms with Crippen LogP contribution in [-0.2, 0) is 9.53 Å². The zero-order valence-electron chi connectivity index (χ0n) is 11.8. The van der Waals surface area contributed by atoms with Crippen molar-refractivity contribution in [2.75, 3.05) is 19.7 Å². The van der Waals surface area contributed by atoms with Gasteiger partial charge in [-0.1, -0.05) is 0 Å². The van der Waals surface area contributed by atoms with Gasteiger partial charge in [-0.15, -0.1) is 0 Å². The van der Waals surface area contributed by atoms with Crippen LogP contribution in [0.15, 0.2) is 0 Å². The molecule has 1 amide bonds. The number of rotatable bonds is 3. The molecule has 3 aliphatic heterocycles. The SMILES string of the molecule is O=C(CCC1CCCCO1)N1C2CCNCC1CC2. The van der Waals surface area contributed by atoms with Gasteiger partial charge in [0, 0.05) is 31.7 Å². The number of hydrogen-bond donors (Lipinski definition) is 1. The Bertz CT molecular complexity index is 301.